The Kier molecular flexibility index (Phi) is 5.91. The van der Waals surface area contributed by atoms with Gasteiger partial charge in [-0.25, -0.2) is 4.79 Å². The maximum Gasteiger partial charge on any atom is 0.339 e. The van der Waals surface area contributed by atoms with Crippen molar-refractivity contribution in [2.45, 2.75) is 43.6 Å². The Morgan fingerprint density at radius 1 is 1.05 bits per heavy atom. The highest BCUT2D eigenvalue weighted by Crippen LogP contribution is 2.60. The van der Waals surface area contributed by atoms with Crippen molar-refractivity contribution in [3.05, 3.63) is 93.2 Å². The summed E-state index contributed by atoms with van der Waals surface area (Å²) < 4.78 is 17.1. The molecule has 7 rings (SSSR count). The largest absolute Gasteiger partial charge is 0.489 e. The van der Waals surface area contributed by atoms with Crippen LogP contribution in [0.3, 0.4) is 0 Å². The number of aromatic nitrogens is 1. The molecule has 3 aromatic carbocycles. The molecule has 0 bridgehead atoms. The molecule has 1 amide bonds. The minimum Gasteiger partial charge on any atom is -0.489 e. The van der Waals surface area contributed by atoms with E-state index in [9.17, 15) is 9.59 Å². The van der Waals surface area contributed by atoms with E-state index in [1.165, 1.54) is 7.11 Å². The number of nitrogens with zero attached hydrogens (tertiary/aromatic N) is 2. The van der Waals surface area contributed by atoms with Gasteiger partial charge in [-0.05, 0) is 73.7 Å². The zero-order valence-electron chi connectivity index (χ0n) is 21.6. The van der Waals surface area contributed by atoms with Crippen LogP contribution in [0.2, 0.25) is 10.0 Å². The molecule has 0 atom stereocenters. The Bertz CT molecular complexity index is 1670. The van der Waals surface area contributed by atoms with Gasteiger partial charge in [0.05, 0.1) is 45.1 Å². The van der Waals surface area contributed by atoms with Gasteiger partial charge in [0, 0.05) is 11.5 Å². The predicted molar refractivity (Wildman–Crippen MR) is 151 cm³/mol. The van der Waals surface area contributed by atoms with Crippen molar-refractivity contribution in [1.29, 1.82) is 0 Å². The van der Waals surface area contributed by atoms with Gasteiger partial charge in [-0.3, -0.25) is 9.69 Å². The third-order valence-corrected chi connectivity index (χ3v) is 8.62. The van der Waals surface area contributed by atoms with E-state index in [4.69, 9.17) is 37.2 Å². The summed E-state index contributed by atoms with van der Waals surface area (Å²) in [5.74, 6) is 1.20. The van der Waals surface area contributed by atoms with Crippen LogP contribution in [0.15, 0.2) is 65.2 Å². The van der Waals surface area contributed by atoms with E-state index in [0.29, 0.717) is 44.2 Å². The minimum absolute atomic E-state index is 0.0401. The normalized spacial score (nSPS) is 16.8. The number of rotatable bonds is 7. The van der Waals surface area contributed by atoms with Crippen molar-refractivity contribution >= 4 is 46.5 Å². The quantitative estimate of drug-likeness (QED) is 0.211. The summed E-state index contributed by atoms with van der Waals surface area (Å²) in [5, 5.41) is 5.32. The third kappa shape index (κ3) is 3.91. The fourth-order valence-electron chi connectivity index (χ4n) is 5.62. The van der Waals surface area contributed by atoms with Crippen molar-refractivity contribution in [1.82, 2.24) is 5.16 Å². The number of fused-ring (bicyclic) bond motifs is 2. The van der Waals surface area contributed by atoms with Crippen LogP contribution in [0.1, 0.15) is 58.8 Å². The highest BCUT2D eigenvalue weighted by Gasteiger charge is 2.60. The molecule has 202 valence electrons. The first-order chi connectivity index (χ1) is 19.4. The summed E-state index contributed by atoms with van der Waals surface area (Å²) in [5.41, 5.74) is 3.92. The highest BCUT2D eigenvalue weighted by molar-refractivity contribution is 6.39. The SMILES string of the molecule is COC(=O)c1ccccc1N1C(=O)C2(CC2)c2cc(OCc3c(-c4c(Cl)cccc4Cl)noc3C3CC3)ccc21. The van der Waals surface area contributed by atoms with E-state index in [1.807, 2.05) is 24.3 Å². The lowest BCUT2D eigenvalue weighted by molar-refractivity contribution is -0.119. The number of halogens is 2. The van der Waals surface area contributed by atoms with E-state index in [0.717, 1.165) is 48.3 Å². The van der Waals surface area contributed by atoms with Crippen LogP contribution >= 0.6 is 23.2 Å². The molecule has 1 aliphatic heterocycles. The van der Waals surface area contributed by atoms with Gasteiger partial charge in [0.1, 0.15) is 23.8 Å². The molecule has 3 aliphatic rings. The molecule has 40 heavy (non-hydrogen) atoms. The molecule has 0 saturated heterocycles. The molecule has 0 radical (unpaired) electrons. The van der Waals surface area contributed by atoms with E-state index < -0.39 is 11.4 Å². The second-order valence-corrected chi connectivity index (χ2v) is 11.3. The van der Waals surface area contributed by atoms with Crippen molar-refractivity contribution in [2.75, 3.05) is 12.0 Å². The summed E-state index contributed by atoms with van der Waals surface area (Å²) in [7, 11) is 1.33. The number of benzene rings is 3. The number of hydrogen-bond acceptors (Lipinski definition) is 6. The average molecular weight is 575 g/mol. The number of para-hydroxylation sites is 1. The zero-order valence-corrected chi connectivity index (χ0v) is 23.1. The van der Waals surface area contributed by atoms with Crippen molar-refractivity contribution < 1.29 is 23.6 Å². The Hall–Kier alpha value is -3.81. The fraction of sp³-hybridized carbons (Fsp3) is 0.258. The highest BCUT2D eigenvalue weighted by atomic mass is 35.5. The van der Waals surface area contributed by atoms with Crippen molar-refractivity contribution in [3.63, 3.8) is 0 Å². The van der Waals surface area contributed by atoms with Crippen LogP contribution in [-0.2, 0) is 21.6 Å². The number of amides is 1. The first-order valence-corrected chi connectivity index (χ1v) is 13.9. The molecule has 2 fully saturated rings. The molecule has 7 nitrogen and oxygen atoms in total. The topological polar surface area (TPSA) is 81.9 Å². The summed E-state index contributed by atoms with van der Waals surface area (Å²) in [4.78, 5) is 27.9. The Morgan fingerprint density at radius 2 is 1.80 bits per heavy atom. The molecule has 2 heterocycles. The fourth-order valence-corrected chi connectivity index (χ4v) is 6.20. The maximum atomic E-state index is 13.7. The number of anilines is 2. The van der Waals surface area contributed by atoms with Gasteiger partial charge in [0.2, 0.25) is 5.91 Å². The summed E-state index contributed by atoms with van der Waals surface area (Å²) in [6, 6.07) is 18.0. The van der Waals surface area contributed by atoms with Gasteiger partial charge >= 0.3 is 5.97 Å². The monoisotopic (exact) mass is 574 g/mol. The van der Waals surface area contributed by atoms with Gasteiger partial charge in [0.15, 0.2) is 0 Å². The predicted octanol–water partition coefficient (Wildman–Crippen LogP) is 7.60. The lowest BCUT2D eigenvalue weighted by Gasteiger charge is -2.20. The van der Waals surface area contributed by atoms with Gasteiger partial charge in [-0.2, -0.15) is 0 Å². The molecule has 0 N–H and O–H groups in total. The van der Waals surface area contributed by atoms with Crippen LogP contribution in [0, 0.1) is 0 Å². The molecule has 0 unspecified atom stereocenters. The minimum atomic E-state index is -0.607. The Morgan fingerprint density at radius 3 is 2.50 bits per heavy atom. The number of methoxy groups -OCH3 is 1. The van der Waals surface area contributed by atoms with Gasteiger partial charge in [-0.1, -0.05) is 46.6 Å². The number of carbonyl (C=O) groups is 2. The maximum absolute atomic E-state index is 13.7. The number of ether oxygens (including phenoxy) is 2. The van der Waals surface area contributed by atoms with Gasteiger partial charge in [0.25, 0.3) is 0 Å². The van der Waals surface area contributed by atoms with Crippen molar-refractivity contribution in [2.24, 2.45) is 0 Å². The number of carbonyl (C=O) groups excluding carboxylic acids is 2. The lowest BCUT2D eigenvalue weighted by atomic mass is 9.98. The molecule has 1 aromatic heterocycles. The first-order valence-electron chi connectivity index (χ1n) is 13.1. The van der Waals surface area contributed by atoms with E-state index in [-0.39, 0.29) is 12.5 Å². The van der Waals surface area contributed by atoms with Crippen LogP contribution in [-0.4, -0.2) is 24.1 Å². The van der Waals surface area contributed by atoms with Gasteiger partial charge in [-0.15, -0.1) is 0 Å². The molecular formula is C31H24Cl2N2O5. The number of esters is 1. The second-order valence-electron chi connectivity index (χ2n) is 10.4. The van der Waals surface area contributed by atoms with Crippen molar-refractivity contribution in [3.8, 4) is 17.0 Å². The van der Waals surface area contributed by atoms with E-state index in [1.54, 1.807) is 41.3 Å². The van der Waals surface area contributed by atoms with E-state index in [2.05, 4.69) is 5.16 Å². The average Bonchev–Trinajstić information content (AvgIpc) is 3.89. The molecular weight excluding hydrogens is 551 g/mol. The molecule has 2 saturated carbocycles. The lowest BCUT2D eigenvalue weighted by Crippen LogP contribution is -2.29. The first kappa shape index (κ1) is 25.2. The van der Waals surface area contributed by atoms with Crippen LogP contribution in [0.25, 0.3) is 11.3 Å². The molecule has 2 aliphatic carbocycles. The standard InChI is InChI=1S/C31H24Cl2N2O5/c1-38-29(36)19-5-2-3-8-24(19)35-25-12-11-18(15-21(25)31(13-14-31)30(35)37)39-16-20-27(34-40-28(20)17-9-10-17)26-22(32)6-4-7-23(26)33/h2-8,11-12,15,17H,9-10,13-14,16H2,1H3. The Labute approximate surface area is 240 Å². The van der Waals surface area contributed by atoms with E-state index >= 15 is 0 Å². The summed E-state index contributed by atoms with van der Waals surface area (Å²) in [6.45, 7) is 0.209. The van der Waals surface area contributed by atoms with Crippen LogP contribution < -0.4 is 9.64 Å². The van der Waals surface area contributed by atoms with Gasteiger partial charge < -0.3 is 14.0 Å². The molecule has 4 aromatic rings. The molecule has 9 heteroatoms. The van der Waals surface area contributed by atoms with Crippen LogP contribution in [0.5, 0.6) is 5.75 Å². The second kappa shape index (κ2) is 9.39. The van der Waals surface area contributed by atoms with Crippen LogP contribution in [0.4, 0.5) is 11.4 Å². The Balaban J connectivity index is 1.23. The summed E-state index contributed by atoms with van der Waals surface area (Å²) >= 11 is 13.0. The molecule has 1 spiro atoms. The zero-order chi connectivity index (χ0) is 27.6. The third-order valence-electron chi connectivity index (χ3n) is 7.99. The smallest absolute Gasteiger partial charge is 0.339 e. The summed E-state index contributed by atoms with van der Waals surface area (Å²) in [6.07, 6.45) is 3.55. The number of hydrogen-bond donors (Lipinski definition) is 0.